The molecule has 0 radical (unpaired) electrons. The fourth-order valence-corrected chi connectivity index (χ4v) is 5.13. The van der Waals surface area contributed by atoms with Crippen LogP contribution in [0.15, 0.2) is 28.7 Å². The van der Waals surface area contributed by atoms with Crippen LogP contribution in [0.25, 0.3) is 10.7 Å². The van der Waals surface area contributed by atoms with Gasteiger partial charge in [-0.05, 0) is 43.3 Å². The minimum atomic E-state index is -0.303. The summed E-state index contributed by atoms with van der Waals surface area (Å²) in [6.45, 7) is 6.75. The number of carbonyl (C=O) groups is 2. The van der Waals surface area contributed by atoms with E-state index < -0.39 is 0 Å². The monoisotopic (exact) mass is 435 g/mol. The quantitative estimate of drug-likeness (QED) is 0.438. The van der Waals surface area contributed by atoms with Crippen molar-refractivity contribution in [2.45, 2.75) is 38.9 Å². The first-order chi connectivity index (χ1) is 13.5. The van der Waals surface area contributed by atoms with E-state index in [2.05, 4.69) is 28.0 Å². The molecule has 0 aromatic carbocycles. The largest absolute Gasteiger partial charge is 0.302 e. The molecule has 148 valence electrons. The van der Waals surface area contributed by atoms with Crippen LogP contribution >= 0.6 is 34.4 Å². The van der Waals surface area contributed by atoms with Crippen molar-refractivity contribution in [3.63, 3.8) is 0 Å². The van der Waals surface area contributed by atoms with E-state index in [1.807, 2.05) is 42.0 Å². The average molecular weight is 436 g/mol. The Labute approximate surface area is 175 Å². The number of amides is 2. The summed E-state index contributed by atoms with van der Waals surface area (Å²) in [4.78, 5) is 27.1. The first kappa shape index (κ1) is 20.6. The lowest BCUT2D eigenvalue weighted by Crippen LogP contribution is -2.42. The molecule has 0 unspecified atom stereocenters. The van der Waals surface area contributed by atoms with E-state index in [0.717, 1.165) is 22.7 Å². The molecule has 7 nitrogen and oxygen atoms in total. The van der Waals surface area contributed by atoms with Crippen LogP contribution in [-0.2, 0) is 17.8 Å². The van der Waals surface area contributed by atoms with Crippen molar-refractivity contribution >= 4 is 46.2 Å². The minimum absolute atomic E-state index is 0.131. The van der Waals surface area contributed by atoms with Crippen LogP contribution in [0, 0.1) is 6.92 Å². The fraction of sp³-hybridized carbons (Fsp3) is 0.333. The van der Waals surface area contributed by atoms with Crippen LogP contribution in [-0.4, -0.2) is 32.3 Å². The zero-order valence-electron chi connectivity index (χ0n) is 15.8. The summed E-state index contributed by atoms with van der Waals surface area (Å²) in [7, 11) is 0. The van der Waals surface area contributed by atoms with Gasteiger partial charge in [0.05, 0.1) is 15.5 Å². The van der Waals surface area contributed by atoms with Gasteiger partial charge in [0.25, 0.3) is 5.91 Å². The van der Waals surface area contributed by atoms with Crippen molar-refractivity contribution in [2.24, 2.45) is 0 Å². The molecular formula is C18H21N5O2S3. The second kappa shape index (κ2) is 9.35. The Hall–Kier alpha value is -2.17. The molecule has 0 aliphatic carbocycles. The summed E-state index contributed by atoms with van der Waals surface area (Å²) in [6.07, 6.45) is 0.887. The molecule has 0 atom stereocenters. The SMILES string of the molecule is CCc1sc(C(=O)NNC(=O)CSc2nnc(-c3cccs3)n2CC)cc1C. The molecule has 3 aromatic rings. The van der Waals surface area contributed by atoms with E-state index in [-0.39, 0.29) is 17.6 Å². The Morgan fingerprint density at radius 2 is 2.07 bits per heavy atom. The Morgan fingerprint density at radius 3 is 2.71 bits per heavy atom. The van der Waals surface area contributed by atoms with Gasteiger partial charge in [0, 0.05) is 11.4 Å². The fourth-order valence-electron chi connectivity index (χ4n) is 2.61. The van der Waals surface area contributed by atoms with E-state index in [1.54, 1.807) is 11.3 Å². The van der Waals surface area contributed by atoms with Crippen LogP contribution in [0.5, 0.6) is 0 Å². The normalized spacial score (nSPS) is 10.8. The van der Waals surface area contributed by atoms with Gasteiger partial charge in [0.15, 0.2) is 11.0 Å². The maximum atomic E-state index is 12.2. The number of hydrogen-bond acceptors (Lipinski definition) is 7. The van der Waals surface area contributed by atoms with Gasteiger partial charge in [0.2, 0.25) is 5.91 Å². The Balaban J connectivity index is 1.54. The molecular weight excluding hydrogens is 414 g/mol. The molecule has 0 saturated heterocycles. The van der Waals surface area contributed by atoms with E-state index in [1.165, 1.54) is 28.0 Å². The van der Waals surface area contributed by atoms with Gasteiger partial charge in [-0.15, -0.1) is 32.9 Å². The zero-order valence-corrected chi connectivity index (χ0v) is 18.3. The number of nitrogens with zero attached hydrogens (tertiary/aromatic N) is 3. The third-order valence-corrected chi connectivity index (χ3v) is 7.20. The number of rotatable bonds is 7. The number of carbonyl (C=O) groups excluding carboxylic acids is 2. The first-order valence-corrected chi connectivity index (χ1v) is 11.5. The van der Waals surface area contributed by atoms with E-state index in [0.29, 0.717) is 16.6 Å². The topological polar surface area (TPSA) is 88.9 Å². The maximum Gasteiger partial charge on any atom is 0.279 e. The highest BCUT2D eigenvalue weighted by atomic mass is 32.2. The van der Waals surface area contributed by atoms with Crippen molar-refractivity contribution in [1.82, 2.24) is 25.6 Å². The number of hydrazine groups is 1. The highest BCUT2D eigenvalue weighted by Crippen LogP contribution is 2.27. The predicted octanol–water partition coefficient (Wildman–Crippen LogP) is 3.51. The van der Waals surface area contributed by atoms with Gasteiger partial charge in [-0.2, -0.15) is 0 Å². The van der Waals surface area contributed by atoms with Crippen LogP contribution in [0.3, 0.4) is 0 Å². The zero-order chi connectivity index (χ0) is 20.1. The second-order valence-electron chi connectivity index (χ2n) is 5.89. The van der Waals surface area contributed by atoms with Gasteiger partial charge in [-0.25, -0.2) is 0 Å². The lowest BCUT2D eigenvalue weighted by Gasteiger charge is -2.07. The van der Waals surface area contributed by atoms with Crippen molar-refractivity contribution in [1.29, 1.82) is 0 Å². The van der Waals surface area contributed by atoms with Crippen LogP contribution < -0.4 is 10.9 Å². The third kappa shape index (κ3) is 4.62. The number of nitrogens with one attached hydrogen (secondary N) is 2. The highest BCUT2D eigenvalue weighted by Gasteiger charge is 2.16. The standard InChI is InChI=1S/C18H21N5O2S3/c1-4-12-11(3)9-14(28-12)17(25)21-19-15(24)10-27-18-22-20-16(23(18)5-2)13-7-6-8-26-13/h6-9H,4-5,10H2,1-3H3,(H,19,24)(H,21,25). The Kier molecular flexibility index (Phi) is 6.87. The summed E-state index contributed by atoms with van der Waals surface area (Å²) >= 11 is 4.33. The molecule has 0 saturated carbocycles. The molecule has 0 spiro atoms. The molecule has 3 rings (SSSR count). The molecule has 10 heteroatoms. The van der Waals surface area contributed by atoms with E-state index in [9.17, 15) is 9.59 Å². The van der Waals surface area contributed by atoms with E-state index >= 15 is 0 Å². The third-order valence-electron chi connectivity index (χ3n) is 3.99. The Bertz CT molecular complexity index is 962. The van der Waals surface area contributed by atoms with Crippen molar-refractivity contribution in [3.05, 3.63) is 38.9 Å². The second-order valence-corrected chi connectivity index (χ2v) is 8.92. The lowest BCUT2D eigenvalue weighted by atomic mass is 10.2. The van der Waals surface area contributed by atoms with Crippen molar-refractivity contribution in [3.8, 4) is 10.7 Å². The van der Waals surface area contributed by atoms with Crippen molar-refractivity contribution < 1.29 is 9.59 Å². The number of aromatic nitrogens is 3. The van der Waals surface area contributed by atoms with Crippen LogP contribution in [0.1, 0.15) is 34.0 Å². The lowest BCUT2D eigenvalue weighted by molar-refractivity contribution is -0.119. The van der Waals surface area contributed by atoms with Gasteiger partial charge < -0.3 is 4.57 Å². The Morgan fingerprint density at radius 1 is 1.25 bits per heavy atom. The minimum Gasteiger partial charge on any atom is -0.302 e. The van der Waals surface area contributed by atoms with Gasteiger partial charge in [-0.1, -0.05) is 24.8 Å². The summed E-state index contributed by atoms with van der Waals surface area (Å²) < 4.78 is 1.98. The summed E-state index contributed by atoms with van der Waals surface area (Å²) in [6, 6.07) is 5.81. The molecule has 3 aromatic heterocycles. The number of thiophene rings is 2. The van der Waals surface area contributed by atoms with Gasteiger partial charge in [-0.3, -0.25) is 20.4 Å². The smallest absolute Gasteiger partial charge is 0.279 e. The summed E-state index contributed by atoms with van der Waals surface area (Å²) in [5.41, 5.74) is 6.03. The molecule has 2 N–H and O–H groups in total. The summed E-state index contributed by atoms with van der Waals surface area (Å²) in [5, 5.41) is 11.1. The number of aryl methyl sites for hydroxylation is 2. The molecule has 0 aliphatic heterocycles. The number of thioether (sulfide) groups is 1. The van der Waals surface area contributed by atoms with Gasteiger partial charge in [0.1, 0.15) is 0 Å². The van der Waals surface area contributed by atoms with E-state index in [4.69, 9.17) is 0 Å². The first-order valence-electron chi connectivity index (χ1n) is 8.81. The van der Waals surface area contributed by atoms with Crippen LogP contribution in [0.4, 0.5) is 0 Å². The summed E-state index contributed by atoms with van der Waals surface area (Å²) in [5.74, 6) is 0.328. The van der Waals surface area contributed by atoms with Crippen molar-refractivity contribution in [2.75, 3.05) is 5.75 Å². The molecule has 2 amide bonds. The maximum absolute atomic E-state index is 12.2. The molecule has 3 heterocycles. The van der Waals surface area contributed by atoms with Crippen LogP contribution in [0.2, 0.25) is 0 Å². The molecule has 28 heavy (non-hydrogen) atoms. The molecule has 0 bridgehead atoms. The van der Waals surface area contributed by atoms with Gasteiger partial charge >= 0.3 is 0 Å². The predicted molar refractivity (Wildman–Crippen MR) is 114 cm³/mol. The molecule has 0 aliphatic rings. The number of hydrogen-bond donors (Lipinski definition) is 2. The molecule has 0 fully saturated rings. The average Bonchev–Trinajstić information content (AvgIpc) is 3.42. The highest BCUT2D eigenvalue weighted by molar-refractivity contribution is 7.99.